The maximum atomic E-state index is 8.83. The lowest BCUT2D eigenvalue weighted by molar-refractivity contribution is 0.193. The van der Waals surface area contributed by atoms with Gasteiger partial charge < -0.3 is 20.7 Å². The molecule has 2 atom stereocenters. The molecular formula is C21H26N6O. The average Bonchev–Trinajstić information content (AvgIpc) is 2.73. The molecule has 1 aliphatic heterocycles. The molecule has 1 aliphatic rings. The molecule has 0 saturated heterocycles. The van der Waals surface area contributed by atoms with Gasteiger partial charge in [0.2, 0.25) is 5.88 Å². The molecule has 0 saturated carbocycles. The van der Waals surface area contributed by atoms with Crippen LogP contribution in [0.2, 0.25) is 0 Å². The zero-order valence-electron chi connectivity index (χ0n) is 16.5. The van der Waals surface area contributed by atoms with Gasteiger partial charge in [0.05, 0.1) is 12.2 Å². The molecule has 2 unspecified atom stereocenters. The summed E-state index contributed by atoms with van der Waals surface area (Å²) in [7, 11) is 1.88. The van der Waals surface area contributed by atoms with Crippen molar-refractivity contribution in [1.82, 2.24) is 20.6 Å². The van der Waals surface area contributed by atoms with E-state index in [0.29, 0.717) is 17.5 Å². The minimum Gasteiger partial charge on any atom is -0.470 e. The molecule has 0 radical (unpaired) electrons. The molecule has 3 heterocycles. The third-order valence-corrected chi connectivity index (χ3v) is 4.76. The normalized spacial score (nSPS) is 16.9. The summed E-state index contributed by atoms with van der Waals surface area (Å²) >= 11 is 0. The summed E-state index contributed by atoms with van der Waals surface area (Å²) in [4.78, 5) is 8.60. The molecule has 0 bridgehead atoms. The predicted octanol–water partition coefficient (Wildman–Crippen LogP) is 2.49. The summed E-state index contributed by atoms with van der Waals surface area (Å²) in [6.45, 7) is 6.44. The van der Waals surface area contributed by atoms with E-state index < -0.39 is 0 Å². The zero-order valence-corrected chi connectivity index (χ0v) is 16.5. The molecule has 0 amide bonds. The van der Waals surface area contributed by atoms with Crippen molar-refractivity contribution in [2.45, 2.75) is 25.9 Å². The lowest BCUT2D eigenvalue weighted by Gasteiger charge is -2.27. The summed E-state index contributed by atoms with van der Waals surface area (Å²) in [5.41, 5.74) is 4.66. The van der Waals surface area contributed by atoms with Crippen molar-refractivity contribution >= 4 is 11.3 Å². The minimum absolute atomic E-state index is 0.0195. The van der Waals surface area contributed by atoms with Crippen LogP contribution in [0.1, 0.15) is 36.6 Å². The molecule has 0 fully saturated rings. The van der Waals surface area contributed by atoms with Gasteiger partial charge in [-0.3, -0.25) is 0 Å². The van der Waals surface area contributed by atoms with Gasteiger partial charge in [-0.05, 0) is 47.9 Å². The van der Waals surface area contributed by atoms with Crippen molar-refractivity contribution in [1.29, 1.82) is 5.26 Å². The van der Waals surface area contributed by atoms with Gasteiger partial charge >= 0.3 is 0 Å². The van der Waals surface area contributed by atoms with Crippen LogP contribution >= 0.6 is 0 Å². The molecule has 7 heteroatoms. The van der Waals surface area contributed by atoms with E-state index in [9.17, 15) is 0 Å². The fourth-order valence-electron chi connectivity index (χ4n) is 3.07. The van der Waals surface area contributed by atoms with Gasteiger partial charge in [0.15, 0.2) is 0 Å². The van der Waals surface area contributed by atoms with E-state index in [0.717, 1.165) is 42.0 Å². The minimum atomic E-state index is 0.0195. The van der Waals surface area contributed by atoms with Gasteiger partial charge in [-0.25, -0.2) is 9.97 Å². The van der Waals surface area contributed by atoms with Crippen LogP contribution in [0, 0.1) is 11.3 Å². The lowest BCUT2D eigenvalue weighted by Crippen LogP contribution is -2.40. The summed E-state index contributed by atoms with van der Waals surface area (Å²) in [6.07, 6.45) is 5.57. The van der Waals surface area contributed by atoms with Gasteiger partial charge in [0.1, 0.15) is 17.9 Å². The highest BCUT2D eigenvalue weighted by molar-refractivity contribution is 5.68. The van der Waals surface area contributed by atoms with Crippen LogP contribution in [-0.4, -0.2) is 42.8 Å². The number of fused-ring (bicyclic) bond motifs is 1. The number of nitrogens with zero attached hydrogens (tertiary/aromatic N) is 3. The second kappa shape index (κ2) is 9.20. The monoisotopic (exact) mass is 378 g/mol. The van der Waals surface area contributed by atoms with Gasteiger partial charge in [-0.2, -0.15) is 5.26 Å². The third kappa shape index (κ3) is 4.78. The number of nitriles is 1. The van der Waals surface area contributed by atoms with Gasteiger partial charge in [-0.1, -0.05) is 13.0 Å². The summed E-state index contributed by atoms with van der Waals surface area (Å²) in [6, 6.07) is 7.82. The number of aromatic nitrogens is 2. The topological polar surface area (TPSA) is 94.9 Å². The standard InChI is InChI=1S/C21H26N6O/c1-14(8-23-3)17-6-20-21(27-11-17)28-19(13-26-20)12-24-9-15(2)16-4-5-18(7-22)25-10-16/h4-6,8,10-11,15,19,23-24,26H,9,12-13H2,1-3H3/b14-8+. The van der Waals surface area contributed by atoms with Crippen LogP contribution in [0.25, 0.3) is 5.57 Å². The van der Waals surface area contributed by atoms with Crippen LogP contribution < -0.4 is 20.7 Å². The molecule has 0 aromatic carbocycles. The molecule has 7 nitrogen and oxygen atoms in total. The van der Waals surface area contributed by atoms with Crippen molar-refractivity contribution < 1.29 is 4.74 Å². The second-order valence-electron chi connectivity index (χ2n) is 6.96. The van der Waals surface area contributed by atoms with E-state index in [4.69, 9.17) is 10.00 Å². The molecule has 2 aromatic heterocycles. The highest BCUT2D eigenvalue weighted by Gasteiger charge is 2.21. The van der Waals surface area contributed by atoms with Crippen LogP contribution in [0.4, 0.5) is 5.69 Å². The smallest absolute Gasteiger partial charge is 0.237 e. The number of hydrogen-bond donors (Lipinski definition) is 3. The average molecular weight is 378 g/mol. The van der Waals surface area contributed by atoms with Crippen molar-refractivity contribution in [3.63, 3.8) is 0 Å². The highest BCUT2D eigenvalue weighted by atomic mass is 16.5. The van der Waals surface area contributed by atoms with Crippen molar-refractivity contribution in [2.75, 3.05) is 32.0 Å². The Bertz CT molecular complexity index is 871. The first-order valence-electron chi connectivity index (χ1n) is 9.42. The quantitative estimate of drug-likeness (QED) is 0.681. The van der Waals surface area contributed by atoms with Crippen molar-refractivity contribution in [3.05, 3.63) is 53.6 Å². The third-order valence-electron chi connectivity index (χ3n) is 4.76. The van der Waals surface area contributed by atoms with E-state index in [1.807, 2.05) is 38.5 Å². The van der Waals surface area contributed by atoms with Gasteiger partial charge in [0.25, 0.3) is 0 Å². The zero-order chi connectivity index (χ0) is 19.9. The van der Waals surface area contributed by atoms with E-state index in [2.05, 4.69) is 38.9 Å². The number of allylic oxidation sites excluding steroid dienone is 1. The van der Waals surface area contributed by atoms with Crippen molar-refractivity contribution in [3.8, 4) is 11.9 Å². The number of rotatable bonds is 7. The van der Waals surface area contributed by atoms with Crippen LogP contribution in [-0.2, 0) is 0 Å². The number of hydrogen-bond acceptors (Lipinski definition) is 7. The Labute approximate surface area is 165 Å². The first kappa shape index (κ1) is 19.6. The Morgan fingerprint density at radius 1 is 1.43 bits per heavy atom. The molecule has 2 aromatic rings. The molecule has 0 spiro atoms. The molecule has 3 N–H and O–H groups in total. The predicted molar refractivity (Wildman–Crippen MR) is 110 cm³/mol. The van der Waals surface area contributed by atoms with E-state index in [1.165, 1.54) is 0 Å². The Kier molecular flexibility index (Phi) is 6.45. The van der Waals surface area contributed by atoms with Gasteiger partial charge in [0, 0.05) is 32.5 Å². The first-order valence-corrected chi connectivity index (χ1v) is 9.42. The summed E-state index contributed by atoms with van der Waals surface area (Å²) in [5, 5.41) is 18.7. The lowest BCUT2D eigenvalue weighted by atomic mass is 10.0. The number of ether oxygens (including phenoxy) is 1. The number of anilines is 1. The fourth-order valence-corrected chi connectivity index (χ4v) is 3.07. The Morgan fingerprint density at radius 3 is 3.00 bits per heavy atom. The number of nitrogens with one attached hydrogen (secondary N) is 3. The Hall–Kier alpha value is -3.11. The van der Waals surface area contributed by atoms with Crippen LogP contribution in [0.5, 0.6) is 5.88 Å². The SMILES string of the molecule is CN/C=C(\C)c1cnc2c(c1)NCC(CNCC(C)c1ccc(C#N)nc1)O2. The van der Waals surface area contributed by atoms with E-state index >= 15 is 0 Å². The molecular weight excluding hydrogens is 352 g/mol. The van der Waals surface area contributed by atoms with Crippen LogP contribution in [0.15, 0.2) is 36.8 Å². The summed E-state index contributed by atoms with van der Waals surface area (Å²) in [5.74, 6) is 0.940. The van der Waals surface area contributed by atoms with E-state index in [-0.39, 0.29) is 6.10 Å². The maximum Gasteiger partial charge on any atom is 0.237 e. The van der Waals surface area contributed by atoms with E-state index in [1.54, 1.807) is 12.3 Å². The second-order valence-corrected chi connectivity index (χ2v) is 6.96. The maximum absolute atomic E-state index is 8.83. The largest absolute Gasteiger partial charge is 0.470 e. The highest BCUT2D eigenvalue weighted by Crippen LogP contribution is 2.29. The molecule has 28 heavy (non-hydrogen) atoms. The molecule has 3 rings (SSSR count). The first-order chi connectivity index (χ1) is 13.6. The summed E-state index contributed by atoms with van der Waals surface area (Å²) < 4.78 is 6.02. The molecule has 146 valence electrons. The number of pyridine rings is 2. The molecule has 0 aliphatic carbocycles. The van der Waals surface area contributed by atoms with Gasteiger partial charge in [-0.15, -0.1) is 0 Å². The van der Waals surface area contributed by atoms with Crippen molar-refractivity contribution in [2.24, 2.45) is 0 Å². The Balaban J connectivity index is 1.51. The fraction of sp³-hybridized carbons (Fsp3) is 0.381. The Morgan fingerprint density at radius 2 is 2.29 bits per heavy atom. The van der Waals surface area contributed by atoms with Crippen LogP contribution in [0.3, 0.4) is 0 Å².